The van der Waals surface area contributed by atoms with Gasteiger partial charge in [-0.1, -0.05) is 23.7 Å². The third-order valence-electron chi connectivity index (χ3n) is 3.17. The Labute approximate surface area is 144 Å². The molecule has 7 heteroatoms. The maximum atomic E-state index is 13.9. The van der Waals surface area contributed by atoms with Gasteiger partial charge in [0.1, 0.15) is 12.4 Å². The van der Waals surface area contributed by atoms with Crippen LogP contribution in [0.5, 0.6) is 11.5 Å². The van der Waals surface area contributed by atoms with Gasteiger partial charge in [-0.3, -0.25) is 0 Å². The SMILES string of the molecule is COc1cccc(C=NNCCO)c1OCc1c(F)cccc1Cl. The van der Waals surface area contributed by atoms with Crippen LogP contribution in [-0.4, -0.2) is 31.6 Å². The summed E-state index contributed by atoms with van der Waals surface area (Å²) in [5, 5.41) is 13.0. The topological polar surface area (TPSA) is 63.1 Å². The molecule has 0 radical (unpaired) electrons. The summed E-state index contributed by atoms with van der Waals surface area (Å²) in [6.45, 7) is 0.267. The number of aliphatic hydroxyl groups is 1. The van der Waals surface area contributed by atoms with Crippen molar-refractivity contribution in [2.75, 3.05) is 20.3 Å². The largest absolute Gasteiger partial charge is 0.493 e. The van der Waals surface area contributed by atoms with Crippen molar-refractivity contribution in [1.29, 1.82) is 0 Å². The highest BCUT2D eigenvalue weighted by molar-refractivity contribution is 6.31. The van der Waals surface area contributed by atoms with Gasteiger partial charge < -0.3 is 20.0 Å². The Morgan fingerprint density at radius 3 is 2.79 bits per heavy atom. The number of nitrogens with one attached hydrogen (secondary N) is 1. The summed E-state index contributed by atoms with van der Waals surface area (Å²) in [5.74, 6) is 0.486. The standard InChI is InChI=1S/C17H18ClFN2O3/c1-23-16-7-2-4-12(10-21-20-8-9-22)17(16)24-11-13-14(18)5-3-6-15(13)19/h2-7,10,20,22H,8-9,11H2,1H3. The minimum Gasteiger partial charge on any atom is -0.493 e. The Morgan fingerprint density at radius 1 is 1.29 bits per heavy atom. The van der Waals surface area contributed by atoms with Crippen molar-refractivity contribution in [1.82, 2.24) is 5.43 Å². The van der Waals surface area contributed by atoms with E-state index in [9.17, 15) is 4.39 Å². The molecule has 0 fully saturated rings. The summed E-state index contributed by atoms with van der Waals surface area (Å²) >= 11 is 6.02. The minimum absolute atomic E-state index is 0.0232. The van der Waals surface area contributed by atoms with Gasteiger partial charge in [-0.25, -0.2) is 4.39 Å². The molecular weight excluding hydrogens is 335 g/mol. The van der Waals surface area contributed by atoms with Gasteiger partial charge >= 0.3 is 0 Å². The number of ether oxygens (including phenoxy) is 2. The fourth-order valence-electron chi connectivity index (χ4n) is 1.99. The first-order chi connectivity index (χ1) is 11.7. The molecule has 0 aliphatic carbocycles. The second-order valence-electron chi connectivity index (χ2n) is 4.76. The number of para-hydroxylation sites is 1. The van der Waals surface area contributed by atoms with E-state index in [0.29, 0.717) is 28.6 Å². The number of hydrogen-bond donors (Lipinski definition) is 2. The van der Waals surface area contributed by atoms with Crippen molar-refractivity contribution >= 4 is 17.8 Å². The van der Waals surface area contributed by atoms with Crippen molar-refractivity contribution < 1.29 is 19.0 Å². The molecule has 2 N–H and O–H groups in total. The third-order valence-corrected chi connectivity index (χ3v) is 3.52. The molecule has 128 valence electrons. The second-order valence-corrected chi connectivity index (χ2v) is 5.16. The molecule has 0 aromatic heterocycles. The normalized spacial score (nSPS) is 10.8. The number of halogens is 2. The van der Waals surface area contributed by atoms with Gasteiger partial charge in [-0.2, -0.15) is 5.10 Å². The second kappa shape index (κ2) is 9.10. The number of methoxy groups -OCH3 is 1. The molecular formula is C17H18ClFN2O3. The highest BCUT2D eigenvalue weighted by Gasteiger charge is 2.13. The van der Waals surface area contributed by atoms with Gasteiger partial charge in [-0.15, -0.1) is 0 Å². The Bertz CT molecular complexity index is 690. The van der Waals surface area contributed by atoms with Crippen LogP contribution in [0.4, 0.5) is 4.39 Å². The van der Waals surface area contributed by atoms with Crippen LogP contribution in [0.25, 0.3) is 0 Å². The smallest absolute Gasteiger partial charge is 0.170 e. The van der Waals surface area contributed by atoms with Crippen molar-refractivity contribution in [3.8, 4) is 11.5 Å². The highest BCUT2D eigenvalue weighted by Crippen LogP contribution is 2.31. The van der Waals surface area contributed by atoms with E-state index >= 15 is 0 Å². The van der Waals surface area contributed by atoms with Crippen LogP contribution in [0, 0.1) is 5.82 Å². The average molecular weight is 353 g/mol. The van der Waals surface area contributed by atoms with Gasteiger partial charge in [0.15, 0.2) is 11.5 Å². The summed E-state index contributed by atoms with van der Waals surface area (Å²) in [7, 11) is 1.52. The summed E-state index contributed by atoms with van der Waals surface area (Å²) in [6.07, 6.45) is 1.54. The van der Waals surface area contributed by atoms with Crippen molar-refractivity contribution in [3.05, 3.63) is 58.4 Å². The average Bonchev–Trinajstić information content (AvgIpc) is 2.59. The maximum Gasteiger partial charge on any atom is 0.170 e. The molecule has 0 aliphatic heterocycles. The third kappa shape index (κ3) is 4.59. The zero-order valence-corrected chi connectivity index (χ0v) is 13.9. The Hall–Kier alpha value is -2.31. The van der Waals surface area contributed by atoms with Crippen LogP contribution in [0.2, 0.25) is 5.02 Å². The summed E-state index contributed by atoms with van der Waals surface area (Å²) in [5.41, 5.74) is 3.60. The number of hydrazone groups is 1. The molecule has 0 aliphatic rings. The summed E-state index contributed by atoms with van der Waals surface area (Å²) < 4.78 is 24.9. The number of benzene rings is 2. The molecule has 0 atom stereocenters. The lowest BCUT2D eigenvalue weighted by molar-refractivity contribution is 0.279. The lowest BCUT2D eigenvalue weighted by Gasteiger charge is -2.14. The number of hydrogen-bond acceptors (Lipinski definition) is 5. The Balaban J connectivity index is 2.22. The fraction of sp³-hybridized carbons (Fsp3) is 0.235. The van der Waals surface area contributed by atoms with Crippen LogP contribution in [0.3, 0.4) is 0 Å². The first-order valence-corrected chi connectivity index (χ1v) is 7.64. The zero-order chi connectivity index (χ0) is 17.4. The first-order valence-electron chi connectivity index (χ1n) is 7.26. The number of aliphatic hydroxyl groups excluding tert-OH is 1. The number of rotatable bonds is 8. The molecule has 0 saturated heterocycles. The molecule has 24 heavy (non-hydrogen) atoms. The van der Waals surface area contributed by atoms with Crippen LogP contribution in [0.1, 0.15) is 11.1 Å². The molecule has 0 heterocycles. The number of nitrogens with zero attached hydrogens (tertiary/aromatic N) is 1. The van der Waals surface area contributed by atoms with E-state index in [2.05, 4.69) is 10.5 Å². The minimum atomic E-state index is -0.433. The monoisotopic (exact) mass is 352 g/mol. The lowest BCUT2D eigenvalue weighted by Crippen LogP contribution is -2.11. The van der Waals surface area contributed by atoms with Crippen LogP contribution < -0.4 is 14.9 Å². The summed E-state index contributed by atoms with van der Waals surface area (Å²) in [4.78, 5) is 0. The molecule has 2 aromatic carbocycles. The van der Waals surface area contributed by atoms with E-state index in [4.69, 9.17) is 26.2 Å². The zero-order valence-electron chi connectivity index (χ0n) is 13.1. The summed E-state index contributed by atoms with van der Waals surface area (Å²) in [6, 6.07) is 9.77. The predicted molar refractivity (Wildman–Crippen MR) is 91.4 cm³/mol. The van der Waals surface area contributed by atoms with E-state index in [1.807, 2.05) is 0 Å². The van der Waals surface area contributed by atoms with E-state index < -0.39 is 5.82 Å². The molecule has 2 aromatic rings. The van der Waals surface area contributed by atoms with E-state index in [1.165, 1.54) is 25.5 Å². The molecule has 0 saturated carbocycles. The van der Waals surface area contributed by atoms with Crippen LogP contribution >= 0.6 is 11.6 Å². The first kappa shape index (κ1) is 18.0. The van der Waals surface area contributed by atoms with Crippen molar-refractivity contribution in [2.24, 2.45) is 5.10 Å². The Kier molecular flexibility index (Phi) is 6.84. The quantitative estimate of drug-likeness (QED) is 0.435. The van der Waals surface area contributed by atoms with Crippen molar-refractivity contribution in [3.63, 3.8) is 0 Å². The van der Waals surface area contributed by atoms with Gasteiger partial charge in [0.05, 0.1) is 31.5 Å². The maximum absolute atomic E-state index is 13.9. The molecule has 0 amide bonds. The van der Waals surface area contributed by atoms with Crippen molar-refractivity contribution in [2.45, 2.75) is 6.61 Å². The van der Waals surface area contributed by atoms with Crippen LogP contribution in [-0.2, 0) is 6.61 Å². The molecule has 0 unspecified atom stereocenters. The lowest BCUT2D eigenvalue weighted by atomic mass is 10.2. The molecule has 2 rings (SSSR count). The van der Waals surface area contributed by atoms with Gasteiger partial charge in [-0.05, 0) is 24.3 Å². The predicted octanol–water partition coefficient (Wildman–Crippen LogP) is 2.98. The van der Waals surface area contributed by atoms with Gasteiger partial charge in [0.25, 0.3) is 0 Å². The van der Waals surface area contributed by atoms with Gasteiger partial charge in [0, 0.05) is 11.1 Å². The Morgan fingerprint density at radius 2 is 2.08 bits per heavy atom. The fourth-order valence-corrected chi connectivity index (χ4v) is 2.21. The van der Waals surface area contributed by atoms with E-state index in [1.54, 1.807) is 24.3 Å². The van der Waals surface area contributed by atoms with E-state index in [-0.39, 0.29) is 18.8 Å². The molecule has 0 bridgehead atoms. The van der Waals surface area contributed by atoms with Crippen LogP contribution in [0.15, 0.2) is 41.5 Å². The van der Waals surface area contributed by atoms with E-state index in [0.717, 1.165) is 0 Å². The molecule has 5 nitrogen and oxygen atoms in total. The highest BCUT2D eigenvalue weighted by atomic mass is 35.5. The molecule has 0 spiro atoms. The van der Waals surface area contributed by atoms with Gasteiger partial charge in [0.2, 0.25) is 0 Å².